The third-order valence-corrected chi connectivity index (χ3v) is 12.5. The Morgan fingerprint density at radius 1 is 0.458 bits per heavy atom. The number of aliphatic hydroxyl groups is 1. The molecular formula is C55H49N3O. The third-order valence-electron chi connectivity index (χ3n) is 12.5. The summed E-state index contributed by atoms with van der Waals surface area (Å²) in [6.07, 6.45) is 9.90. The molecule has 10 rings (SSSR count). The van der Waals surface area contributed by atoms with Gasteiger partial charge in [0.05, 0.1) is 17.5 Å². The van der Waals surface area contributed by atoms with E-state index < -0.39 is 0 Å². The predicted octanol–water partition coefficient (Wildman–Crippen LogP) is 13.9. The highest BCUT2D eigenvalue weighted by atomic mass is 16.3. The molecule has 0 spiro atoms. The molecule has 4 atom stereocenters. The normalized spacial score (nSPS) is 19.1. The summed E-state index contributed by atoms with van der Waals surface area (Å²) in [4.78, 5) is 4.72. The van der Waals surface area contributed by atoms with Gasteiger partial charge in [0.25, 0.3) is 0 Å². The van der Waals surface area contributed by atoms with Crippen molar-refractivity contribution in [3.63, 3.8) is 0 Å². The summed E-state index contributed by atoms with van der Waals surface area (Å²) in [5.74, 6) is 0.606. The molecule has 1 aliphatic carbocycles. The molecule has 59 heavy (non-hydrogen) atoms. The molecule has 0 radical (unpaired) electrons. The minimum absolute atomic E-state index is 0.222. The van der Waals surface area contributed by atoms with E-state index in [1.165, 1.54) is 51.1 Å². The number of benzene rings is 8. The fraction of sp³-hybridized carbons (Fsp3) is 0.164. The molecule has 0 aromatic heterocycles. The molecule has 8 aromatic rings. The van der Waals surface area contributed by atoms with E-state index >= 15 is 0 Å². The van der Waals surface area contributed by atoms with Crippen LogP contribution in [0.25, 0.3) is 38.7 Å². The van der Waals surface area contributed by atoms with Crippen LogP contribution in [0.15, 0.2) is 194 Å². The first-order chi connectivity index (χ1) is 29.2. The molecule has 290 valence electrons. The SMILES string of the molecule is OC1CCCC2CCC(/C=C/c3ccc(N(c4ccc(-c5ccc(N(c6ccccc6)c6cccc7ccccc67)cc5)cc4)c4cccc5ccccc45)cc3)NC12. The van der Waals surface area contributed by atoms with Gasteiger partial charge in [0.15, 0.2) is 0 Å². The Balaban J connectivity index is 0.942. The summed E-state index contributed by atoms with van der Waals surface area (Å²) < 4.78 is 0. The number of aliphatic hydroxyl groups excluding tert-OH is 1. The highest BCUT2D eigenvalue weighted by Gasteiger charge is 2.36. The summed E-state index contributed by atoms with van der Waals surface area (Å²) >= 11 is 0. The number of para-hydroxylation sites is 1. The molecule has 2 fully saturated rings. The fourth-order valence-corrected chi connectivity index (χ4v) is 9.52. The fourth-order valence-electron chi connectivity index (χ4n) is 9.52. The topological polar surface area (TPSA) is 38.7 Å². The molecule has 4 unspecified atom stereocenters. The van der Waals surface area contributed by atoms with Gasteiger partial charge in [0.2, 0.25) is 0 Å². The van der Waals surface area contributed by atoms with Gasteiger partial charge in [-0.25, -0.2) is 0 Å². The van der Waals surface area contributed by atoms with Gasteiger partial charge in [-0.3, -0.25) is 0 Å². The summed E-state index contributed by atoms with van der Waals surface area (Å²) in [6.45, 7) is 0. The smallest absolute Gasteiger partial charge is 0.0696 e. The molecule has 2 aliphatic rings. The van der Waals surface area contributed by atoms with E-state index in [2.05, 4.69) is 215 Å². The maximum Gasteiger partial charge on any atom is 0.0696 e. The predicted molar refractivity (Wildman–Crippen MR) is 249 cm³/mol. The number of nitrogens with zero attached hydrogens (tertiary/aromatic N) is 2. The Bertz CT molecular complexity index is 2700. The molecule has 2 N–H and O–H groups in total. The van der Waals surface area contributed by atoms with Crippen molar-refractivity contribution in [3.8, 4) is 11.1 Å². The molecule has 1 heterocycles. The van der Waals surface area contributed by atoms with Crippen LogP contribution >= 0.6 is 0 Å². The summed E-state index contributed by atoms with van der Waals surface area (Å²) in [6, 6.07) is 68.3. The minimum Gasteiger partial charge on any atom is -0.391 e. The van der Waals surface area contributed by atoms with Crippen molar-refractivity contribution in [2.45, 2.75) is 50.3 Å². The monoisotopic (exact) mass is 767 g/mol. The Kier molecular flexibility index (Phi) is 10.3. The molecule has 0 bridgehead atoms. The van der Waals surface area contributed by atoms with Crippen LogP contribution in [0.3, 0.4) is 0 Å². The largest absolute Gasteiger partial charge is 0.391 e. The van der Waals surface area contributed by atoms with Crippen LogP contribution in [-0.4, -0.2) is 23.3 Å². The van der Waals surface area contributed by atoms with E-state index in [0.717, 1.165) is 53.4 Å². The lowest BCUT2D eigenvalue weighted by molar-refractivity contribution is 0.0355. The molecule has 1 aliphatic heterocycles. The van der Waals surface area contributed by atoms with E-state index in [1.807, 2.05) is 0 Å². The van der Waals surface area contributed by atoms with Crippen LogP contribution in [-0.2, 0) is 0 Å². The first kappa shape index (κ1) is 36.9. The lowest BCUT2D eigenvalue weighted by Gasteiger charge is -2.42. The molecule has 4 nitrogen and oxygen atoms in total. The standard InChI is InChI=1S/C55H49N3O/c59-54-22-10-15-44-26-32-45(56-55(44)54)31-23-39-24-33-47(34-25-39)58(53-21-9-14-43-12-5-7-19-51(43)53)49-37-29-41(30-38-49)40-27-35-48(36-28-40)57(46-16-2-1-3-17-46)52-20-8-13-42-11-4-6-18-50(42)52/h1-9,11-14,16-21,23-25,27-31,33-38,44-45,54-56,59H,10,15,22,26,32H2/b31-23+. The summed E-state index contributed by atoms with van der Waals surface area (Å²) in [7, 11) is 0. The lowest BCUT2D eigenvalue weighted by atomic mass is 9.76. The summed E-state index contributed by atoms with van der Waals surface area (Å²) in [5.41, 5.74) is 10.2. The molecule has 0 amide bonds. The number of rotatable bonds is 9. The van der Waals surface area contributed by atoms with E-state index in [-0.39, 0.29) is 18.2 Å². The number of fused-ring (bicyclic) bond motifs is 3. The number of nitrogens with one attached hydrogen (secondary N) is 1. The molecule has 4 heteroatoms. The van der Waals surface area contributed by atoms with Gasteiger partial charge in [0, 0.05) is 45.6 Å². The van der Waals surface area contributed by atoms with Crippen LogP contribution in [0.2, 0.25) is 0 Å². The zero-order valence-electron chi connectivity index (χ0n) is 33.2. The Labute approximate surface area is 347 Å². The van der Waals surface area contributed by atoms with E-state index in [0.29, 0.717) is 5.92 Å². The van der Waals surface area contributed by atoms with Crippen molar-refractivity contribution in [1.82, 2.24) is 5.32 Å². The van der Waals surface area contributed by atoms with Crippen LogP contribution in [0, 0.1) is 5.92 Å². The number of piperidine rings is 1. The second kappa shape index (κ2) is 16.4. The van der Waals surface area contributed by atoms with E-state index in [1.54, 1.807) is 0 Å². The van der Waals surface area contributed by atoms with Gasteiger partial charge in [-0.05, 0) is 120 Å². The van der Waals surface area contributed by atoms with Crippen molar-refractivity contribution in [3.05, 3.63) is 200 Å². The third kappa shape index (κ3) is 7.54. The van der Waals surface area contributed by atoms with Crippen molar-refractivity contribution in [1.29, 1.82) is 0 Å². The Morgan fingerprint density at radius 2 is 0.949 bits per heavy atom. The summed E-state index contributed by atoms with van der Waals surface area (Å²) in [5, 5.41) is 19.3. The van der Waals surface area contributed by atoms with Crippen molar-refractivity contribution in [2.24, 2.45) is 5.92 Å². The second-order valence-electron chi connectivity index (χ2n) is 16.2. The molecule has 1 saturated heterocycles. The van der Waals surface area contributed by atoms with Gasteiger partial charge >= 0.3 is 0 Å². The lowest BCUT2D eigenvalue weighted by Crippen LogP contribution is -2.54. The average Bonchev–Trinajstić information content (AvgIpc) is 3.30. The van der Waals surface area contributed by atoms with Gasteiger partial charge in [-0.1, -0.05) is 146 Å². The number of hydrogen-bond donors (Lipinski definition) is 2. The first-order valence-electron chi connectivity index (χ1n) is 21.2. The van der Waals surface area contributed by atoms with Gasteiger partial charge in [-0.2, -0.15) is 0 Å². The van der Waals surface area contributed by atoms with Gasteiger partial charge in [-0.15, -0.1) is 0 Å². The maximum absolute atomic E-state index is 10.7. The van der Waals surface area contributed by atoms with Crippen LogP contribution in [0.4, 0.5) is 34.1 Å². The van der Waals surface area contributed by atoms with Gasteiger partial charge < -0.3 is 20.2 Å². The minimum atomic E-state index is -0.226. The first-order valence-corrected chi connectivity index (χ1v) is 21.2. The van der Waals surface area contributed by atoms with Crippen molar-refractivity contribution in [2.75, 3.05) is 9.80 Å². The quantitative estimate of drug-likeness (QED) is 0.153. The number of hydrogen-bond acceptors (Lipinski definition) is 4. The molecule has 1 saturated carbocycles. The van der Waals surface area contributed by atoms with Crippen molar-refractivity contribution < 1.29 is 5.11 Å². The Hall–Kier alpha value is -6.46. The molecular weight excluding hydrogens is 719 g/mol. The van der Waals surface area contributed by atoms with E-state index in [9.17, 15) is 5.11 Å². The van der Waals surface area contributed by atoms with Gasteiger partial charge in [0.1, 0.15) is 0 Å². The average molecular weight is 768 g/mol. The Morgan fingerprint density at radius 3 is 1.53 bits per heavy atom. The van der Waals surface area contributed by atoms with Crippen molar-refractivity contribution >= 4 is 61.7 Å². The second-order valence-corrected chi connectivity index (χ2v) is 16.2. The van der Waals surface area contributed by atoms with Crippen LogP contribution in [0.1, 0.15) is 37.7 Å². The van der Waals surface area contributed by atoms with Crippen LogP contribution in [0.5, 0.6) is 0 Å². The zero-order valence-corrected chi connectivity index (χ0v) is 33.2. The molecule has 8 aromatic carbocycles. The number of anilines is 6. The van der Waals surface area contributed by atoms with E-state index in [4.69, 9.17) is 0 Å². The zero-order chi connectivity index (χ0) is 39.5. The highest BCUT2D eigenvalue weighted by molar-refractivity contribution is 6.00. The van der Waals surface area contributed by atoms with Crippen LogP contribution < -0.4 is 15.1 Å². The highest BCUT2D eigenvalue weighted by Crippen LogP contribution is 2.42. The maximum atomic E-state index is 10.7.